The van der Waals surface area contributed by atoms with Crippen molar-refractivity contribution in [2.45, 2.75) is 366 Å². The number of carbonyl (C=O) groups excluding carboxylic acids is 2. The highest BCUT2D eigenvalue weighted by Crippen LogP contribution is 2.18. The molecule has 0 saturated heterocycles. The summed E-state index contributed by atoms with van der Waals surface area (Å²) in [6, 6.07) is -0.631. The molecule has 420 valence electrons. The van der Waals surface area contributed by atoms with Crippen molar-refractivity contribution in [2.75, 3.05) is 13.2 Å². The molecule has 0 aliphatic carbocycles. The van der Waals surface area contributed by atoms with Crippen LogP contribution in [-0.2, 0) is 14.3 Å². The van der Waals surface area contributed by atoms with Crippen molar-refractivity contribution in [3.63, 3.8) is 0 Å². The lowest BCUT2D eigenvalue weighted by atomic mass is 10.0. The van der Waals surface area contributed by atoms with E-state index in [0.29, 0.717) is 19.4 Å². The molecule has 0 saturated carbocycles. The Morgan fingerprint density at radius 3 is 1.00 bits per heavy atom. The summed E-state index contributed by atoms with van der Waals surface area (Å²) < 4.78 is 5.49. The van der Waals surface area contributed by atoms with Crippen LogP contribution in [0.3, 0.4) is 0 Å². The van der Waals surface area contributed by atoms with E-state index in [9.17, 15) is 19.8 Å². The molecule has 0 radical (unpaired) electrons. The summed E-state index contributed by atoms with van der Waals surface area (Å²) in [5.74, 6) is -0.0652. The Bertz CT molecular complexity index is 1110. The summed E-state index contributed by atoms with van der Waals surface area (Å²) >= 11 is 0. The summed E-state index contributed by atoms with van der Waals surface area (Å²) in [6.07, 6.45) is 75.0. The molecule has 0 bridgehead atoms. The van der Waals surface area contributed by atoms with Crippen LogP contribution in [0, 0.1) is 0 Å². The molecule has 2 unspecified atom stereocenters. The third kappa shape index (κ3) is 57.5. The highest BCUT2D eigenvalue weighted by molar-refractivity contribution is 5.76. The van der Waals surface area contributed by atoms with Crippen molar-refractivity contribution in [1.82, 2.24) is 5.32 Å². The van der Waals surface area contributed by atoms with Crippen LogP contribution in [0.5, 0.6) is 0 Å². The number of ether oxygens (including phenoxy) is 1. The van der Waals surface area contributed by atoms with Crippen molar-refractivity contribution in [2.24, 2.45) is 0 Å². The quantitative estimate of drug-likeness (QED) is 0.0320. The van der Waals surface area contributed by atoms with E-state index in [1.54, 1.807) is 6.08 Å². The standard InChI is InChI=1S/C65H125NO5/c1-3-5-7-9-11-13-15-17-19-21-22-26-29-33-37-41-45-49-53-57-63(68)62(61-67)66-64(69)58-54-50-46-42-38-34-30-27-23-24-28-32-36-40-44-48-52-56-60-71-65(70)59-55-51-47-43-39-35-31-25-20-18-16-14-12-10-8-6-4-2/h18,20,53,57,62-63,67-68H,3-17,19,21-52,54-56,58-61H2,1-2H3,(H,66,69)/b20-18-,57-53+. The highest BCUT2D eigenvalue weighted by Gasteiger charge is 2.18. The van der Waals surface area contributed by atoms with Gasteiger partial charge in [-0.25, -0.2) is 0 Å². The zero-order chi connectivity index (χ0) is 51.4. The minimum Gasteiger partial charge on any atom is -0.466 e. The summed E-state index contributed by atoms with van der Waals surface area (Å²) in [4.78, 5) is 24.6. The summed E-state index contributed by atoms with van der Waals surface area (Å²) in [6.45, 7) is 4.92. The van der Waals surface area contributed by atoms with Crippen molar-refractivity contribution in [1.29, 1.82) is 0 Å². The van der Waals surface area contributed by atoms with E-state index >= 15 is 0 Å². The second-order valence-electron chi connectivity index (χ2n) is 22.1. The van der Waals surface area contributed by atoms with E-state index in [4.69, 9.17) is 4.74 Å². The lowest BCUT2D eigenvalue weighted by molar-refractivity contribution is -0.143. The number of allylic oxidation sites excluding steroid dienone is 3. The molecular formula is C65H125NO5. The normalized spacial score (nSPS) is 12.7. The van der Waals surface area contributed by atoms with Gasteiger partial charge in [0.1, 0.15) is 0 Å². The van der Waals surface area contributed by atoms with Gasteiger partial charge in [-0.3, -0.25) is 9.59 Å². The number of carbonyl (C=O) groups is 2. The van der Waals surface area contributed by atoms with Crippen LogP contribution in [0.1, 0.15) is 354 Å². The number of unbranched alkanes of at least 4 members (excludes halogenated alkanes) is 47. The molecule has 0 aliphatic rings. The summed E-state index contributed by atoms with van der Waals surface area (Å²) in [5, 5.41) is 23.2. The molecule has 0 rings (SSSR count). The Kier molecular flexibility index (Phi) is 59.5. The Morgan fingerprint density at radius 1 is 0.380 bits per heavy atom. The van der Waals surface area contributed by atoms with Crippen molar-refractivity contribution < 1.29 is 24.5 Å². The monoisotopic (exact) mass is 1000 g/mol. The van der Waals surface area contributed by atoms with Gasteiger partial charge < -0.3 is 20.3 Å². The van der Waals surface area contributed by atoms with Crippen LogP contribution in [0.15, 0.2) is 24.3 Å². The average molecular weight is 1000 g/mol. The van der Waals surface area contributed by atoms with Gasteiger partial charge in [-0.15, -0.1) is 0 Å². The molecule has 6 heteroatoms. The third-order valence-electron chi connectivity index (χ3n) is 15.0. The molecule has 71 heavy (non-hydrogen) atoms. The van der Waals surface area contributed by atoms with E-state index < -0.39 is 12.1 Å². The predicted molar refractivity (Wildman–Crippen MR) is 310 cm³/mol. The molecule has 0 heterocycles. The molecule has 0 fully saturated rings. The summed E-state index contributed by atoms with van der Waals surface area (Å²) in [5.41, 5.74) is 0. The Labute approximate surface area is 443 Å². The molecule has 1 amide bonds. The molecule has 3 N–H and O–H groups in total. The second-order valence-corrected chi connectivity index (χ2v) is 22.1. The first-order chi connectivity index (χ1) is 35.0. The SMILES string of the molecule is CCCCCCCC/C=C\CCCCCCCCCC(=O)OCCCCCCCCCCCCCCCCCCCCC(=O)NC(CO)C(O)/C=C/CCCCCCCCCCCCCCCCCCC. The first kappa shape index (κ1) is 69.3. The first-order valence-corrected chi connectivity index (χ1v) is 32.1. The van der Waals surface area contributed by atoms with Gasteiger partial charge >= 0.3 is 5.97 Å². The van der Waals surface area contributed by atoms with E-state index in [1.165, 1.54) is 283 Å². The van der Waals surface area contributed by atoms with Gasteiger partial charge in [0.05, 0.1) is 25.4 Å². The van der Waals surface area contributed by atoms with Crippen LogP contribution < -0.4 is 5.32 Å². The fourth-order valence-electron chi connectivity index (χ4n) is 10.0. The van der Waals surface area contributed by atoms with Gasteiger partial charge in [0.25, 0.3) is 0 Å². The van der Waals surface area contributed by atoms with E-state index in [-0.39, 0.29) is 18.5 Å². The third-order valence-corrected chi connectivity index (χ3v) is 15.0. The number of esters is 1. The average Bonchev–Trinajstić information content (AvgIpc) is 3.37. The molecular weight excluding hydrogens is 875 g/mol. The smallest absolute Gasteiger partial charge is 0.305 e. The maximum Gasteiger partial charge on any atom is 0.305 e. The summed E-state index contributed by atoms with van der Waals surface area (Å²) in [7, 11) is 0. The number of hydrogen-bond donors (Lipinski definition) is 3. The van der Waals surface area contributed by atoms with Crippen molar-refractivity contribution in [3.8, 4) is 0 Å². The minimum absolute atomic E-state index is 0.00383. The van der Waals surface area contributed by atoms with Gasteiger partial charge in [0.2, 0.25) is 5.91 Å². The number of nitrogens with one attached hydrogen (secondary N) is 1. The van der Waals surface area contributed by atoms with Crippen molar-refractivity contribution in [3.05, 3.63) is 24.3 Å². The minimum atomic E-state index is -0.848. The van der Waals surface area contributed by atoms with Crippen LogP contribution in [0.25, 0.3) is 0 Å². The molecule has 6 nitrogen and oxygen atoms in total. The largest absolute Gasteiger partial charge is 0.466 e. The van der Waals surface area contributed by atoms with Gasteiger partial charge in [-0.2, -0.15) is 0 Å². The van der Waals surface area contributed by atoms with Gasteiger partial charge in [0, 0.05) is 12.8 Å². The van der Waals surface area contributed by atoms with E-state index in [2.05, 4.69) is 31.3 Å². The maximum atomic E-state index is 12.5. The number of aliphatic hydroxyl groups excluding tert-OH is 2. The zero-order valence-electron chi connectivity index (χ0n) is 48.0. The van der Waals surface area contributed by atoms with E-state index in [1.807, 2.05) is 6.08 Å². The number of rotatable bonds is 60. The van der Waals surface area contributed by atoms with E-state index in [0.717, 1.165) is 44.9 Å². The Balaban J connectivity index is 3.43. The molecule has 0 aliphatic heterocycles. The first-order valence-electron chi connectivity index (χ1n) is 32.1. The van der Waals surface area contributed by atoms with Crippen LogP contribution >= 0.6 is 0 Å². The predicted octanol–water partition coefficient (Wildman–Crippen LogP) is 20.2. The van der Waals surface area contributed by atoms with Gasteiger partial charge in [0.15, 0.2) is 0 Å². The fourth-order valence-corrected chi connectivity index (χ4v) is 10.0. The molecule has 0 aromatic carbocycles. The maximum absolute atomic E-state index is 12.5. The second kappa shape index (κ2) is 60.9. The zero-order valence-corrected chi connectivity index (χ0v) is 48.0. The Morgan fingerprint density at radius 2 is 0.662 bits per heavy atom. The van der Waals surface area contributed by atoms with Gasteiger partial charge in [-0.05, 0) is 57.8 Å². The molecule has 2 atom stereocenters. The molecule has 0 aromatic rings. The van der Waals surface area contributed by atoms with Crippen LogP contribution in [-0.4, -0.2) is 47.4 Å². The molecule has 0 aromatic heterocycles. The Hall–Kier alpha value is -1.66. The van der Waals surface area contributed by atoms with Crippen molar-refractivity contribution >= 4 is 11.9 Å². The highest BCUT2D eigenvalue weighted by atomic mass is 16.5. The molecule has 0 spiro atoms. The van der Waals surface area contributed by atoms with Gasteiger partial charge in [-0.1, -0.05) is 308 Å². The fraction of sp³-hybridized carbons (Fsp3) is 0.908. The number of aliphatic hydroxyl groups is 2. The van der Waals surface area contributed by atoms with Crippen LogP contribution in [0.2, 0.25) is 0 Å². The van der Waals surface area contributed by atoms with Crippen LogP contribution in [0.4, 0.5) is 0 Å². The lowest BCUT2D eigenvalue weighted by Gasteiger charge is -2.20. The topological polar surface area (TPSA) is 95.9 Å². The number of amides is 1. The number of hydrogen-bond acceptors (Lipinski definition) is 5. The lowest BCUT2D eigenvalue weighted by Crippen LogP contribution is -2.45.